The number of piperidine rings is 2. The van der Waals surface area contributed by atoms with Crippen LogP contribution in [0, 0.1) is 35.5 Å². The summed E-state index contributed by atoms with van der Waals surface area (Å²) in [5.74, 6) is -1.93. The molecule has 1 unspecified atom stereocenters. The van der Waals surface area contributed by atoms with Crippen LogP contribution in [0.25, 0.3) is 0 Å². The number of fused-ring (bicyclic) bond motifs is 5. The number of aliphatic imine (C=N–C) groups is 1. The van der Waals surface area contributed by atoms with E-state index in [9.17, 15) is 34.2 Å². The summed E-state index contributed by atoms with van der Waals surface area (Å²) < 4.78 is 22.4. The maximum atomic E-state index is 14.9. The van der Waals surface area contributed by atoms with Gasteiger partial charge in [-0.1, -0.05) is 78.8 Å². The van der Waals surface area contributed by atoms with Crippen molar-refractivity contribution in [3.05, 3.63) is 69.8 Å². The normalized spacial score (nSPS) is 29.4. The maximum Gasteiger partial charge on any atom is 0.306 e. The summed E-state index contributed by atoms with van der Waals surface area (Å²) in [6.45, 7) is 22.2. The van der Waals surface area contributed by atoms with Crippen LogP contribution in [0.4, 0.5) is 0 Å². The largest absolute Gasteiger partial charge is 0.493 e. The Labute approximate surface area is 448 Å². The molecule has 4 N–H and O–H groups in total. The van der Waals surface area contributed by atoms with E-state index in [4.69, 9.17) is 19.2 Å². The summed E-state index contributed by atoms with van der Waals surface area (Å²) in [7, 11) is 5.32. The summed E-state index contributed by atoms with van der Waals surface area (Å²) in [5, 5.41) is 28.9. The minimum Gasteiger partial charge on any atom is -0.493 e. The van der Waals surface area contributed by atoms with Crippen molar-refractivity contribution in [1.29, 1.82) is 0 Å². The predicted molar refractivity (Wildman–Crippen MR) is 293 cm³/mol. The number of likely N-dealkylation sites (tertiary alicyclic amines) is 2. The topological polar surface area (TPSA) is 206 Å². The number of esters is 2. The summed E-state index contributed by atoms with van der Waals surface area (Å²) in [6.07, 6.45) is 12.7. The van der Waals surface area contributed by atoms with E-state index in [-0.39, 0.29) is 91.0 Å². The van der Waals surface area contributed by atoms with Gasteiger partial charge in [0.05, 0.1) is 42.9 Å². The van der Waals surface area contributed by atoms with Crippen molar-refractivity contribution in [2.45, 2.75) is 157 Å². The standard InChI is InChI=1S/C57H87N5O10.C2H6O/c1-11-29-70-55(41(8)34-63)49-44-31-46(65)51(52-50(44)59-57(60-52)24-27-62(28-25-57)32-36(2)3)58-56(69)39(6)19-14-17-37(4)30-40(7)53(68)42(9)54(38(5)18-12-13-21-45(49)64)72-48(67)23-15-22-47(66)71-35-43-20-16-26-61(10)33-43;1-3-2/h12-14,17,19,36-38,40,42-43,53-54,60,63,68H,11,15-16,18,20-35H2,1-10H3,(H,58,69);1-2H3/b13-12+,17-14+,39-19-,49-44+,55-41+;/t37-,38+,40+,42+,43?,53+,54+;/m0./s1. The molecule has 2 fully saturated rings. The second-order valence-corrected chi connectivity index (χ2v) is 22.3. The zero-order chi connectivity index (χ0) is 55.4. The molecule has 5 rings (SSSR count). The average Bonchev–Trinajstić information content (AvgIpc) is 3.74. The molecule has 16 heteroatoms. The Kier molecular flexibility index (Phi) is 25.8. The van der Waals surface area contributed by atoms with Gasteiger partial charge in [-0.05, 0) is 95.2 Å². The first-order chi connectivity index (χ1) is 35.7. The molecular formula is C59H93N5O11. The molecule has 2 bridgehead atoms. The van der Waals surface area contributed by atoms with Gasteiger partial charge in [0.2, 0.25) is 0 Å². The van der Waals surface area contributed by atoms with E-state index in [0.29, 0.717) is 78.7 Å². The Morgan fingerprint density at radius 1 is 0.960 bits per heavy atom. The molecule has 4 heterocycles. The molecule has 0 aromatic rings. The molecule has 0 aromatic carbocycles. The van der Waals surface area contributed by atoms with E-state index in [1.165, 1.54) is 0 Å². The fraction of sp³-hybridized carbons (Fsp3) is 0.695. The summed E-state index contributed by atoms with van der Waals surface area (Å²) >= 11 is 0. The number of carbonyl (C=O) groups is 5. The van der Waals surface area contributed by atoms with Crippen LogP contribution in [0.5, 0.6) is 0 Å². The molecule has 0 aromatic heterocycles. The highest BCUT2D eigenvalue weighted by Gasteiger charge is 2.46. The zero-order valence-corrected chi connectivity index (χ0v) is 47.6. The molecule has 4 aliphatic heterocycles. The molecule has 5 aliphatic rings. The lowest BCUT2D eigenvalue weighted by atomic mass is 9.80. The Bertz CT molecular complexity index is 2180. The van der Waals surface area contributed by atoms with Gasteiger partial charge in [0.1, 0.15) is 23.2 Å². The van der Waals surface area contributed by atoms with Crippen molar-refractivity contribution in [1.82, 2.24) is 20.4 Å². The van der Waals surface area contributed by atoms with Crippen molar-refractivity contribution in [3.63, 3.8) is 0 Å². The van der Waals surface area contributed by atoms with Crippen LogP contribution in [-0.2, 0) is 42.9 Å². The van der Waals surface area contributed by atoms with Crippen molar-refractivity contribution < 1.29 is 53.1 Å². The number of aliphatic hydroxyl groups excluding tert-OH is 2. The number of aliphatic hydroxyl groups is 2. The van der Waals surface area contributed by atoms with E-state index in [0.717, 1.165) is 45.6 Å². The number of hydrogen-bond donors (Lipinski definition) is 4. The molecule has 75 heavy (non-hydrogen) atoms. The van der Waals surface area contributed by atoms with Crippen LogP contribution in [0.3, 0.4) is 0 Å². The second-order valence-electron chi connectivity index (χ2n) is 22.3. The van der Waals surface area contributed by atoms with Gasteiger partial charge in [0.25, 0.3) is 5.91 Å². The van der Waals surface area contributed by atoms with E-state index >= 15 is 0 Å². The second kappa shape index (κ2) is 30.9. The lowest BCUT2D eigenvalue weighted by molar-refractivity contribution is -0.159. The number of Topliss-reactive ketones (excluding diaryl/α,β-unsaturated/α-hetero) is 2. The van der Waals surface area contributed by atoms with Gasteiger partial charge in [-0.15, -0.1) is 0 Å². The van der Waals surface area contributed by atoms with Crippen LogP contribution < -0.4 is 10.6 Å². The lowest BCUT2D eigenvalue weighted by Crippen LogP contribution is -2.50. The van der Waals surface area contributed by atoms with E-state index in [1.807, 2.05) is 52.8 Å². The Morgan fingerprint density at radius 2 is 1.65 bits per heavy atom. The van der Waals surface area contributed by atoms with E-state index in [1.54, 1.807) is 40.2 Å². The molecule has 1 aliphatic carbocycles. The summed E-state index contributed by atoms with van der Waals surface area (Å²) in [5.41, 5.74) is 1.46. The fourth-order valence-electron chi connectivity index (χ4n) is 10.7. The number of carbonyl (C=O) groups excluding carboxylic acids is 5. The molecule has 0 radical (unpaired) electrons. The maximum absolute atomic E-state index is 14.9. The van der Waals surface area contributed by atoms with E-state index < -0.39 is 42.3 Å². The van der Waals surface area contributed by atoms with Gasteiger partial charge in [-0.3, -0.25) is 29.0 Å². The Hall–Kier alpha value is -4.74. The molecular weight excluding hydrogens is 955 g/mol. The van der Waals surface area contributed by atoms with Crippen LogP contribution in [-0.4, -0.2) is 147 Å². The highest BCUT2D eigenvalue weighted by Crippen LogP contribution is 2.40. The fourth-order valence-corrected chi connectivity index (χ4v) is 10.7. The highest BCUT2D eigenvalue weighted by atomic mass is 16.5. The van der Waals surface area contributed by atoms with Gasteiger partial charge < -0.3 is 49.6 Å². The third-order valence-corrected chi connectivity index (χ3v) is 14.8. The summed E-state index contributed by atoms with van der Waals surface area (Å²) in [6, 6.07) is 0. The van der Waals surface area contributed by atoms with Crippen molar-refractivity contribution in [2.75, 3.05) is 73.8 Å². The van der Waals surface area contributed by atoms with Gasteiger partial charge in [-0.2, -0.15) is 0 Å². The molecule has 1 amide bonds. The number of nitrogens with zero attached hydrogens (tertiary/aromatic N) is 3. The number of ketones is 2. The van der Waals surface area contributed by atoms with Crippen LogP contribution in [0.2, 0.25) is 0 Å². The van der Waals surface area contributed by atoms with Crippen molar-refractivity contribution >= 4 is 35.1 Å². The molecule has 7 atom stereocenters. The number of amides is 1. The van der Waals surface area contributed by atoms with Gasteiger partial charge >= 0.3 is 11.9 Å². The first-order valence-corrected chi connectivity index (χ1v) is 27.7. The van der Waals surface area contributed by atoms with Gasteiger partial charge in [0.15, 0.2) is 11.6 Å². The third kappa shape index (κ3) is 18.8. The first-order valence-electron chi connectivity index (χ1n) is 27.7. The lowest BCUT2D eigenvalue weighted by Gasteiger charge is -2.38. The molecule has 16 nitrogen and oxygen atoms in total. The van der Waals surface area contributed by atoms with Crippen molar-refractivity contribution in [2.24, 2.45) is 40.5 Å². The molecule has 0 saturated carbocycles. The van der Waals surface area contributed by atoms with Crippen LogP contribution in [0.1, 0.15) is 139 Å². The van der Waals surface area contributed by atoms with Crippen molar-refractivity contribution in [3.8, 4) is 0 Å². The average molecular weight is 1050 g/mol. The molecule has 1 spiro atoms. The smallest absolute Gasteiger partial charge is 0.306 e. The number of methoxy groups -OCH3 is 1. The highest BCUT2D eigenvalue weighted by molar-refractivity contribution is 6.27. The Morgan fingerprint density at radius 3 is 2.31 bits per heavy atom. The number of hydrogen-bond acceptors (Lipinski definition) is 15. The van der Waals surface area contributed by atoms with Gasteiger partial charge in [0, 0.05) is 102 Å². The predicted octanol–water partition coefficient (Wildman–Crippen LogP) is 7.72. The summed E-state index contributed by atoms with van der Waals surface area (Å²) in [4.78, 5) is 79.6. The quantitative estimate of drug-likeness (QED) is 0.0748. The van der Waals surface area contributed by atoms with Gasteiger partial charge in [-0.25, -0.2) is 0 Å². The number of nitrogens with one attached hydrogen (secondary N) is 2. The minimum absolute atomic E-state index is 0.0109. The number of ether oxygens (including phenoxy) is 4. The molecule has 420 valence electrons. The Balaban J connectivity index is 0.00000396. The van der Waals surface area contributed by atoms with Crippen LogP contribution in [0.15, 0.2) is 74.8 Å². The SMILES string of the molecule is CCCOC(/C1=C2\CC(=O)C(=C3NC4(CCN(CC(C)C)CC4)N=C32)NC(=O)/C(C)=C\C=C\[C@H](C)C[C@@H](C)[C@@H](O)[C@@H](C)[C@H](OC(=O)CCCC(=O)OCC2CCCN(C)C2)[C@H](C)C/C=C/CC1=O)=C(\C)CO.COC. The third-order valence-electron chi connectivity index (χ3n) is 14.8. The first kappa shape index (κ1) is 62.8. The monoisotopic (exact) mass is 1050 g/mol. The number of rotatable bonds is 14. The molecule has 2 saturated heterocycles. The minimum atomic E-state index is -0.840. The number of allylic oxidation sites excluding steroid dienone is 8. The van der Waals surface area contributed by atoms with Crippen LogP contribution >= 0.6 is 0 Å². The van der Waals surface area contributed by atoms with E-state index in [2.05, 4.69) is 46.1 Å². The zero-order valence-electron chi connectivity index (χ0n) is 47.6.